The first-order valence-corrected chi connectivity index (χ1v) is 10.6. The maximum Gasteiger partial charge on any atom is 0.305 e. The summed E-state index contributed by atoms with van der Waals surface area (Å²) in [7, 11) is 0. The van der Waals surface area contributed by atoms with Crippen molar-refractivity contribution >= 4 is 34.5 Å². The predicted octanol–water partition coefficient (Wildman–Crippen LogP) is 4.14. The first-order valence-electron chi connectivity index (χ1n) is 9.24. The van der Waals surface area contributed by atoms with Gasteiger partial charge in [-0.2, -0.15) is 11.8 Å². The van der Waals surface area contributed by atoms with Gasteiger partial charge in [-0.25, -0.2) is 0 Å². The Labute approximate surface area is 174 Å². The van der Waals surface area contributed by atoms with E-state index in [1.807, 2.05) is 62.6 Å². The Hall–Kier alpha value is -2.93. The van der Waals surface area contributed by atoms with Crippen molar-refractivity contribution in [1.29, 1.82) is 0 Å². The number of amides is 2. The molecule has 6 nitrogen and oxygen atoms in total. The number of thioether (sulfide) groups is 1. The van der Waals surface area contributed by atoms with Crippen LogP contribution in [0.3, 0.4) is 0 Å². The maximum absolute atomic E-state index is 12.6. The maximum atomic E-state index is 12.6. The van der Waals surface area contributed by atoms with Crippen LogP contribution in [0.2, 0.25) is 0 Å². The summed E-state index contributed by atoms with van der Waals surface area (Å²) in [5, 5.41) is 0.893. The van der Waals surface area contributed by atoms with Gasteiger partial charge in [0.25, 0.3) is 5.91 Å². The van der Waals surface area contributed by atoms with Gasteiger partial charge in [0.2, 0.25) is 0 Å². The van der Waals surface area contributed by atoms with E-state index in [1.165, 1.54) is 0 Å². The molecule has 0 radical (unpaired) electrons. The first kappa shape index (κ1) is 20.8. The summed E-state index contributed by atoms with van der Waals surface area (Å²) in [6, 6.07) is 13.1. The van der Waals surface area contributed by atoms with Crippen molar-refractivity contribution in [2.24, 2.45) is 0 Å². The van der Waals surface area contributed by atoms with Gasteiger partial charge in [-0.15, -0.1) is 0 Å². The largest absolute Gasteiger partial charge is 0.481 e. The fourth-order valence-electron chi connectivity index (χ4n) is 2.94. The van der Waals surface area contributed by atoms with Crippen molar-refractivity contribution in [1.82, 2.24) is 10.9 Å². The number of hydrogen-bond acceptors (Lipinski definition) is 5. The van der Waals surface area contributed by atoms with Crippen LogP contribution in [-0.2, 0) is 10.5 Å². The molecule has 0 spiro atoms. The molecule has 2 aromatic carbocycles. The van der Waals surface area contributed by atoms with Gasteiger partial charge in [-0.3, -0.25) is 20.4 Å². The van der Waals surface area contributed by atoms with Crippen LogP contribution in [0.5, 0.6) is 5.75 Å². The van der Waals surface area contributed by atoms with Crippen LogP contribution in [0, 0.1) is 13.8 Å². The van der Waals surface area contributed by atoms with E-state index in [0.717, 1.165) is 22.1 Å². The molecule has 1 aromatic heterocycles. The number of aryl methyl sites for hydroxylation is 1. The molecule has 0 bridgehead atoms. The average Bonchev–Trinajstić information content (AvgIpc) is 3.08. The second kappa shape index (κ2) is 9.05. The molecule has 1 atom stereocenters. The van der Waals surface area contributed by atoms with Gasteiger partial charge in [0, 0.05) is 16.7 Å². The van der Waals surface area contributed by atoms with Crippen LogP contribution in [-0.4, -0.2) is 24.2 Å². The highest BCUT2D eigenvalue weighted by Crippen LogP contribution is 2.28. The van der Waals surface area contributed by atoms with E-state index in [-0.39, 0.29) is 5.76 Å². The number of rotatable bonds is 6. The molecule has 0 unspecified atom stereocenters. The van der Waals surface area contributed by atoms with Crippen molar-refractivity contribution in [2.45, 2.75) is 32.6 Å². The summed E-state index contributed by atoms with van der Waals surface area (Å²) in [6.45, 7) is 5.54. The summed E-state index contributed by atoms with van der Waals surface area (Å²) >= 11 is 1.59. The van der Waals surface area contributed by atoms with Gasteiger partial charge in [-0.05, 0) is 50.3 Å². The first-order chi connectivity index (χ1) is 13.9. The van der Waals surface area contributed by atoms with Crippen LogP contribution in [0.4, 0.5) is 0 Å². The summed E-state index contributed by atoms with van der Waals surface area (Å²) in [5.41, 5.74) is 8.34. The van der Waals surface area contributed by atoms with Crippen molar-refractivity contribution in [3.8, 4) is 5.75 Å². The molecule has 0 aliphatic carbocycles. The van der Waals surface area contributed by atoms with Crippen molar-refractivity contribution in [3.63, 3.8) is 0 Å². The van der Waals surface area contributed by atoms with E-state index >= 15 is 0 Å². The molecule has 0 aliphatic rings. The number of carbonyl (C=O) groups is 2. The molecular weight excluding hydrogens is 388 g/mol. The topological polar surface area (TPSA) is 80.6 Å². The minimum Gasteiger partial charge on any atom is -0.481 e. The van der Waals surface area contributed by atoms with E-state index in [0.29, 0.717) is 17.1 Å². The smallest absolute Gasteiger partial charge is 0.305 e. The third-order valence-electron chi connectivity index (χ3n) is 4.72. The third kappa shape index (κ3) is 4.56. The number of hydrogen-bond donors (Lipinski definition) is 2. The van der Waals surface area contributed by atoms with E-state index in [9.17, 15) is 9.59 Å². The monoisotopic (exact) mass is 412 g/mol. The number of fused-ring (bicyclic) bond motifs is 1. The highest BCUT2D eigenvalue weighted by molar-refractivity contribution is 7.97. The Morgan fingerprint density at radius 3 is 2.62 bits per heavy atom. The molecule has 3 rings (SSSR count). The molecule has 2 amide bonds. The number of benzene rings is 2. The second-order valence-electron chi connectivity index (χ2n) is 6.74. The van der Waals surface area contributed by atoms with Crippen LogP contribution < -0.4 is 15.6 Å². The Morgan fingerprint density at radius 2 is 1.86 bits per heavy atom. The number of hydrazine groups is 1. The number of carbonyl (C=O) groups excluding carboxylic acids is 2. The number of furan rings is 1. The van der Waals surface area contributed by atoms with Gasteiger partial charge in [0.05, 0.1) is 0 Å². The highest BCUT2D eigenvalue weighted by atomic mass is 32.2. The van der Waals surface area contributed by atoms with Crippen LogP contribution in [0.15, 0.2) is 46.9 Å². The molecule has 0 saturated heterocycles. The molecule has 2 N–H and O–H groups in total. The quantitative estimate of drug-likeness (QED) is 0.595. The summed E-state index contributed by atoms with van der Waals surface area (Å²) in [6.07, 6.45) is 1.18. The standard InChI is InChI=1S/C22H24N2O4S/c1-13-8-7-11-18(14(13)2)27-15(3)21(25)23-24-22(26)20-17(12-29-4)16-9-5-6-10-19(16)28-20/h5-11,15H,12H2,1-4H3,(H,23,25)(H,24,26)/t15-/m1/s1. The van der Waals surface area contributed by atoms with Crippen LogP contribution in [0.1, 0.15) is 34.2 Å². The van der Waals surface area contributed by atoms with Gasteiger partial charge in [0.1, 0.15) is 11.3 Å². The lowest BCUT2D eigenvalue weighted by Crippen LogP contribution is -2.47. The molecule has 7 heteroatoms. The number of para-hydroxylation sites is 1. The minimum atomic E-state index is -0.780. The molecular formula is C22H24N2O4S. The van der Waals surface area contributed by atoms with E-state index in [1.54, 1.807) is 18.7 Å². The van der Waals surface area contributed by atoms with E-state index < -0.39 is 17.9 Å². The SMILES string of the molecule is CSCc1c(C(=O)NNC(=O)[C@@H](C)Oc2cccc(C)c2C)oc2ccccc12. The second-order valence-corrected chi connectivity index (χ2v) is 7.61. The number of nitrogens with one attached hydrogen (secondary N) is 2. The lowest BCUT2D eigenvalue weighted by Gasteiger charge is -2.17. The Morgan fingerprint density at radius 1 is 1.10 bits per heavy atom. The molecule has 0 saturated carbocycles. The van der Waals surface area contributed by atoms with Crippen molar-refractivity contribution < 1.29 is 18.7 Å². The zero-order valence-corrected chi connectivity index (χ0v) is 17.7. The normalized spacial score (nSPS) is 11.9. The van der Waals surface area contributed by atoms with Gasteiger partial charge >= 0.3 is 5.91 Å². The summed E-state index contributed by atoms with van der Waals surface area (Å²) in [4.78, 5) is 25.0. The molecule has 1 heterocycles. The average molecular weight is 413 g/mol. The summed E-state index contributed by atoms with van der Waals surface area (Å²) < 4.78 is 11.5. The van der Waals surface area contributed by atoms with Crippen molar-refractivity contribution in [3.05, 3.63) is 64.9 Å². The zero-order valence-electron chi connectivity index (χ0n) is 16.9. The molecule has 0 aliphatic heterocycles. The van der Waals surface area contributed by atoms with E-state index in [2.05, 4.69) is 10.9 Å². The lowest BCUT2D eigenvalue weighted by atomic mass is 10.1. The van der Waals surface area contributed by atoms with Crippen LogP contribution >= 0.6 is 11.8 Å². The van der Waals surface area contributed by atoms with Gasteiger partial charge < -0.3 is 9.15 Å². The molecule has 29 heavy (non-hydrogen) atoms. The lowest BCUT2D eigenvalue weighted by molar-refractivity contribution is -0.128. The van der Waals surface area contributed by atoms with Gasteiger partial charge in [-0.1, -0.05) is 30.3 Å². The fourth-order valence-corrected chi connectivity index (χ4v) is 3.52. The van der Waals surface area contributed by atoms with Crippen molar-refractivity contribution in [2.75, 3.05) is 6.26 Å². The highest BCUT2D eigenvalue weighted by Gasteiger charge is 2.22. The molecule has 152 valence electrons. The molecule has 0 fully saturated rings. The Kier molecular flexibility index (Phi) is 6.49. The minimum absolute atomic E-state index is 0.198. The Balaban J connectivity index is 1.67. The Bertz CT molecular complexity index is 1040. The predicted molar refractivity (Wildman–Crippen MR) is 115 cm³/mol. The van der Waals surface area contributed by atoms with E-state index in [4.69, 9.17) is 9.15 Å². The number of ether oxygens (including phenoxy) is 1. The summed E-state index contributed by atoms with van der Waals surface area (Å²) in [5.74, 6) is 0.502. The van der Waals surface area contributed by atoms with Gasteiger partial charge in [0.15, 0.2) is 11.9 Å². The third-order valence-corrected chi connectivity index (χ3v) is 5.30. The van der Waals surface area contributed by atoms with Crippen LogP contribution in [0.25, 0.3) is 11.0 Å². The fraction of sp³-hybridized carbons (Fsp3) is 0.273. The zero-order chi connectivity index (χ0) is 21.0. The molecule has 3 aromatic rings.